The van der Waals surface area contributed by atoms with Gasteiger partial charge in [0.15, 0.2) is 14.2 Å². The van der Waals surface area contributed by atoms with E-state index in [0.29, 0.717) is 28.8 Å². The number of hydrogen-bond donors (Lipinski definition) is 0. The van der Waals surface area contributed by atoms with Gasteiger partial charge in [-0.15, -0.1) is 0 Å². The van der Waals surface area contributed by atoms with Crippen molar-refractivity contribution in [3.8, 4) is 5.75 Å². The highest BCUT2D eigenvalue weighted by molar-refractivity contribution is 7.34. The number of benzene rings is 2. The first kappa shape index (κ1) is 16.4. The first-order chi connectivity index (χ1) is 10.5. The second kappa shape index (κ2) is 6.85. The number of carbonyl (C=O) groups is 1. The lowest BCUT2D eigenvalue weighted by Crippen LogP contribution is -2.14. The Hall–Kier alpha value is -1.99. The maximum atomic E-state index is 12.9. The normalized spacial score (nSPS) is 10.7. The molecule has 0 heterocycles. The van der Waals surface area contributed by atoms with Gasteiger partial charge in [0.2, 0.25) is 0 Å². The lowest BCUT2D eigenvalue weighted by atomic mass is 9.93. The van der Waals surface area contributed by atoms with Crippen LogP contribution in [0.5, 0.6) is 5.75 Å². The van der Waals surface area contributed by atoms with Gasteiger partial charge in [-0.2, -0.15) is 0 Å². The lowest BCUT2D eigenvalue weighted by Gasteiger charge is -2.12. The van der Waals surface area contributed by atoms with Crippen molar-refractivity contribution >= 4 is 19.5 Å². The van der Waals surface area contributed by atoms with Crippen molar-refractivity contribution in [3.05, 3.63) is 58.1 Å². The molecule has 0 radical (unpaired) electrons. The van der Waals surface area contributed by atoms with Crippen molar-refractivity contribution in [2.45, 2.75) is 27.7 Å². The Morgan fingerprint density at radius 2 is 1.77 bits per heavy atom. The zero-order valence-electron chi connectivity index (χ0n) is 13.3. The maximum Gasteiger partial charge on any atom is 0.194 e. The van der Waals surface area contributed by atoms with Crippen molar-refractivity contribution in [3.63, 3.8) is 0 Å². The molecule has 0 N–H and O–H groups in total. The highest BCUT2D eigenvalue weighted by atomic mass is 31.1. The van der Waals surface area contributed by atoms with E-state index in [1.807, 2.05) is 39.8 Å². The van der Waals surface area contributed by atoms with Crippen LogP contribution >= 0.6 is 8.46 Å². The van der Waals surface area contributed by atoms with Gasteiger partial charge in [0.1, 0.15) is 5.75 Å². The summed E-state index contributed by atoms with van der Waals surface area (Å²) in [6, 6.07) is 8.84. The smallest absolute Gasteiger partial charge is 0.194 e. The Morgan fingerprint density at radius 3 is 2.41 bits per heavy atom. The molecule has 4 heteroatoms. The van der Waals surface area contributed by atoms with Gasteiger partial charge in [0.05, 0.1) is 11.9 Å². The largest absolute Gasteiger partial charge is 0.494 e. The Kier molecular flexibility index (Phi) is 5.10. The summed E-state index contributed by atoms with van der Waals surface area (Å²) in [6.07, 6.45) is 0. The molecule has 0 saturated heterocycles. The van der Waals surface area contributed by atoms with Crippen LogP contribution < -0.4 is 10.0 Å². The van der Waals surface area contributed by atoms with Gasteiger partial charge in [-0.05, 0) is 62.6 Å². The minimum atomic E-state index is -0.169. The molecule has 22 heavy (non-hydrogen) atoms. The van der Waals surface area contributed by atoms with Gasteiger partial charge >= 0.3 is 0 Å². The van der Waals surface area contributed by atoms with Crippen LogP contribution in [0.4, 0.5) is 0 Å². The average molecular weight is 314 g/mol. The number of ether oxygens (including phenoxy) is 1. The van der Waals surface area contributed by atoms with Gasteiger partial charge in [0.25, 0.3) is 0 Å². The van der Waals surface area contributed by atoms with E-state index < -0.39 is 0 Å². The van der Waals surface area contributed by atoms with Crippen molar-refractivity contribution in [2.75, 3.05) is 6.61 Å². The number of hydrogen-bond acceptors (Lipinski definition) is 3. The minimum absolute atomic E-state index is 0.125. The highest BCUT2D eigenvalue weighted by Crippen LogP contribution is 2.23. The molecule has 0 unspecified atom stereocenters. The number of ketones is 1. The molecule has 0 saturated carbocycles. The number of rotatable bonds is 5. The van der Waals surface area contributed by atoms with Crippen molar-refractivity contribution in [1.29, 1.82) is 0 Å². The van der Waals surface area contributed by atoms with E-state index in [2.05, 4.69) is 0 Å². The zero-order chi connectivity index (χ0) is 16.3. The van der Waals surface area contributed by atoms with Crippen LogP contribution in [0.3, 0.4) is 0 Å². The summed E-state index contributed by atoms with van der Waals surface area (Å²) < 4.78 is 16.8. The van der Waals surface area contributed by atoms with Crippen LogP contribution in [0.1, 0.15) is 39.5 Å². The third kappa shape index (κ3) is 3.10. The Morgan fingerprint density at radius 1 is 1.05 bits per heavy atom. The maximum absolute atomic E-state index is 12.9. The lowest BCUT2D eigenvalue weighted by molar-refractivity contribution is 0.103. The second-order valence-electron chi connectivity index (χ2n) is 5.21. The van der Waals surface area contributed by atoms with Crippen LogP contribution in [0.25, 0.3) is 0 Å². The SMILES string of the molecule is CCOc1ccc(P=O)c(C(=O)c2ccc(C)c(C)c2C)c1. The summed E-state index contributed by atoms with van der Waals surface area (Å²) in [5, 5.41) is 0.478. The Labute approximate surface area is 132 Å². The fourth-order valence-electron chi connectivity index (χ4n) is 2.38. The molecule has 0 atom stereocenters. The quantitative estimate of drug-likeness (QED) is 0.615. The summed E-state index contributed by atoms with van der Waals surface area (Å²) in [5.74, 6) is 0.486. The standard InChI is InChI=1S/C18H19O3P/c1-5-21-14-7-9-17(22-20)16(10-14)18(19)15-8-6-11(2)12(3)13(15)4/h6-10H,5H2,1-4H3. The number of aryl methyl sites for hydroxylation is 1. The first-order valence-electron chi connectivity index (χ1n) is 7.21. The van der Waals surface area contributed by atoms with Gasteiger partial charge in [0, 0.05) is 11.1 Å². The second-order valence-corrected chi connectivity index (χ2v) is 5.88. The van der Waals surface area contributed by atoms with Crippen LogP contribution in [0, 0.1) is 20.8 Å². The molecule has 2 aromatic rings. The van der Waals surface area contributed by atoms with E-state index in [0.717, 1.165) is 16.7 Å². The van der Waals surface area contributed by atoms with E-state index >= 15 is 0 Å². The van der Waals surface area contributed by atoms with Gasteiger partial charge < -0.3 is 4.74 Å². The zero-order valence-corrected chi connectivity index (χ0v) is 14.2. The van der Waals surface area contributed by atoms with Crippen molar-refractivity contribution in [1.82, 2.24) is 0 Å². The fourth-order valence-corrected chi connectivity index (χ4v) is 2.78. The third-order valence-electron chi connectivity index (χ3n) is 3.92. The summed E-state index contributed by atoms with van der Waals surface area (Å²) in [6.45, 7) is 8.37. The van der Waals surface area contributed by atoms with E-state index in [1.54, 1.807) is 18.2 Å². The minimum Gasteiger partial charge on any atom is -0.494 e. The number of carbonyl (C=O) groups excluding carboxylic acids is 1. The average Bonchev–Trinajstić information content (AvgIpc) is 2.52. The first-order valence-corrected chi connectivity index (χ1v) is 8.02. The molecule has 0 aromatic heterocycles. The molecule has 0 fully saturated rings. The predicted molar refractivity (Wildman–Crippen MR) is 88.9 cm³/mol. The summed E-state index contributed by atoms with van der Waals surface area (Å²) >= 11 is 0. The molecule has 0 aliphatic heterocycles. The Balaban J connectivity index is 2.55. The topological polar surface area (TPSA) is 43.4 Å². The van der Waals surface area contributed by atoms with Crippen LogP contribution in [-0.2, 0) is 4.57 Å². The summed E-state index contributed by atoms with van der Waals surface area (Å²) in [7, 11) is -0.169. The molecular weight excluding hydrogens is 295 g/mol. The molecule has 2 aromatic carbocycles. The monoisotopic (exact) mass is 314 g/mol. The van der Waals surface area contributed by atoms with Gasteiger partial charge in [-0.3, -0.25) is 9.36 Å². The van der Waals surface area contributed by atoms with Crippen LogP contribution in [0.15, 0.2) is 30.3 Å². The van der Waals surface area contributed by atoms with E-state index in [4.69, 9.17) is 4.74 Å². The molecule has 0 amide bonds. The van der Waals surface area contributed by atoms with Crippen LogP contribution in [0.2, 0.25) is 0 Å². The van der Waals surface area contributed by atoms with Gasteiger partial charge in [-0.25, -0.2) is 0 Å². The van der Waals surface area contributed by atoms with E-state index in [-0.39, 0.29) is 14.2 Å². The third-order valence-corrected chi connectivity index (χ3v) is 4.51. The molecule has 2 rings (SSSR count). The molecule has 0 aliphatic carbocycles. The van der Waals surface area contributed by atoms with Crippen molar-refractivity contribution < 1.29 is 14.1 Å². The molecule has 3 nitrogen and oxygen atoms in total. The Bertz CT molecular complexity index is 735. The molecule has 0 bridgehead atoms. The summed E-state index contributed by atoms with van der Waals surface area (Å²) in [4.78, 5) is 12.9. The summed E-state index contributed by atoms with van der Waals surface area (Å²) in [5.41, 5.74) is 4.28. The van der Waals surface area contributed by atoms with Gasteiger partial charge in [-0.1, -0.05) is 12.1 Å². The molecule has 0 spiro atoms. The predicted octanol–water partition coefficient (Wildman–Crippen LogP) is 4.16. The van der Waals surface area contributed by atoms with Crippen molar-refractivity contribution in [2.24, 2.45) is 0 Å². The van der Waals surface area contributed by atoms with E-state index in [9.17, 15) is 9.36 Å². The highest BCUT2D eigenvalue weighted by Gasteiger charge is 2.18. The fraction of sp³-hybridized carbons (Fsp3) is 0.278. The molecule has 114 valence electrons. The van der Waals surface area contributed by atoms with Crippen LogP contribution in [-0.4, -0.2) is 12.4 Å². The molecule has 0 aliphatic rings. The molecular formula is C18H19O3P. The van der Waals surface area contributed by atoms with E-state index in [1.165, 1.54) is 0 Å².